The summed E-state index contributed by atoms with van der Waals surface area (Å²) in [6, 6.07) is 5.45. The molecular weight excluding hydrogens is 398 g/mol. The number of halogens is 2. The van der Waals surface area contributed by atoms with E-state index < -0.39 is 9.84 Å². The molecule has 1 aliphatic heterocycles. The second kappa shape index (κ2) is 5.76. The molecular formula is C12H11Br2NO3S. The van der Waals surface area contributed by atoms with Gasteiger partial charge >= 0.3 is 0 Å². The van der Waals surface area contributed by atoms with Gasteiger partial charge in [0.1, 0.15) is 0 Å². The molecule has 4 nitrogen and oxygen atoms in total. The zero-order valence-electron chi connectivity index (χ0n) is 9.77. The van der Waals surface area contributed by atoms with Gasteiger partial charge in [0.05, 0.1) is 11.4 Å². The maximum Gasteiger partial charge on any atom is 0.225 e. The fourth-order valence-corrected chi connectivity index (χ4v) is 3.91. The lowest BCUT2D eigenvalue weighted by Crippen LogP contribution is -2.17. The fraction of sp³-hybridized carbons (Fsp3) is 0.250. The number of benzene rings is 1. The molecule has 0 aromatic heterocycles. The number of anilines is 1. The van der Waals surface area contributed by atoms with Crippen molar-refractivity contribution in [3.05, 3.63) is 38.6 Å². The van der Waals surface area contributed by atoms with E-state index in [1.54, 1.807) is 12.1 Å². The maximum atomic E-state index is 11.9. The van der Waals surface area contributed by atoms with E-state index in [0.717, 1.165) is 8.95 Å². The van der Waals surface area contributed by atoms with Crippen LogP contribution in [-0.4, -0.2) is 20.1 Å². The molecule has 1 amide bonds. The molecule has 1 aromatic carbocycles. The Hall–Kier alpha value is -0.660. The number of nitrogens with one attached hydrogen (secondary N) is 1. The van der Waals surface area contributed by atoms with Crippen LogP contribution in [0.4, 0.5) is 5.69 Å². The number of carbonyl (C=O) groups is 1. The summed E-state index contributed by atoms with van der Waals surface area (Å²) < 4.78 is 24.1. The van der Waals surface area contributed by atoms with Gasteiger partial charge in [-0.25, -0.2) is 8.42 Å². The minimum absolute atomic E-state index is 0.0140. The summed E-state index contributed by atoms with van der Waals surface area (Å²) in [5.74, 6) is -0.429. The highest BCUT2D eigenvalue weighted by Crippen LogP contribution is 2.27. The minimum atomic E-state index is -3.11. The summed E-state index contributed by atoms with van der Waals surface area (Å²) in [5, 5.41) is 3.94. The fourth-order valence-electron chi connectivity index (χ4n) is 1.80. The van der Waals surface area contributed by atoms with Crippen molar-refractivity contribution in [3.8, 4) is 0 Å². The van der Waals surface area contributed by atoms with E-state index in [0.29, 0.717) is 5.69 Å². The maximum absolute atomic E-state index is 11.9. The zero-order chi connectivity index (χ0) is 14.0. The Morgan fingerprint density at radius 1 is 1.37 bits per heavy atom. The van der Waals surface area contributed by atoms with Crippen LogP contribution in [0.25, 0.3) is 0 Å². The van der Waals surface area contributed by atoms with Crippen LogP contribution in [0, 0.1) is 5.92 Å². The van der Waals surface area contributed by atoms with Crippen LogP contribution in [0.5, 0.6) is 0 Å². The van der Waals surface area contributed by atoms with Crippen LogP contribution in [0.15, 0.2) is 38.6 Å². The minimum Gasteiger partial charge on any atom is -0.325 e. The van der Waals surface area contributed by atoms with Crippen LogP contribution < -0.4 is 5.32 Å². The van der Waals surface area contributed by atoms with E-state index in [1.165, 1.54) is 5.41 Å². The molecule has 1 aliphatic rings. The highest BCUT2D eigenvalue weighted by molar-refractivity contribution is 9.11. The zero-order valence-corrected chi connectivity index (χ0v) is 13.8. The number of hydrogen-bond acceptors (Lipinski definition) is 3. The summed E-state index contributed by atoms with van der Waals surface area (Å²) in [6.07, 6.45) is 1.74. The monoisotopic (exact) mass is 407 g/mol. The van der Waals surface area contributed by atoms with Crippen molar-refractivity contribution in [1.82, 2.24) is 0 Å². The van der Waals surface area contributed by atoms with E-state index in [4.69, 9.17) is 0 Å². The SMILES string of the molecule is O=C(CC1C=CS(=O)(=O)C1)Nc1cc(Br)ccc1Br. The lowest BCUT2D eigenvalue weighted by molar-refractivity contribution is -0.116. The van der Waals surface area contributed by atoms with Crippen molar-refractivity contribution in [2.75, 3.05) is 11.1 Å². The van der Waals surface area contributed by atoms with Gasteiger partial charge in [0.15, 0.2) is 9.84 Å². The predicted octanol–water partition coefficient (Wildman–Crippen LogP) is 3.10. The number of sulfone groups is 1. The van der Waals surface area contributed by atoms with Gasteiger partial charge in [-0.3, -0.25) is 4.79 Å². The van der Waals surface area contributed by atoms with Crippen molar-refractivity contribution in [2.24, 2.45) is 5.92 Å². The topological polar surface area (TPSA) is 63.2 Å². The van der Waals surface area contributed by atoms with Crippen molar-refractivity contribution in [3.63, 3.8) is 0 Å². The molecule has 0 saturated heterocycles. The molecule has 0 aliphatic carbocycles. The number of carbonyl (C=O) groups excluding carboxylic acids is 1. The molecule has 19 heavy (non-hydrogen) atoms. The predicted molar refractivity (Wildman–Crippen MR) is 81.5 cm³/mol. The van der Waals surface area contributed by atoms with Gasteiger partial charge in [0.2, 0.25) is 5.91 Å². The summed E-state index contributed by atoms with van der Waals surface area (Å²) in [4.78, 5) is 11.9. The Balaban J connectivity index is 1.99. The second-order valence-corrected chi connectivity index (χ2v) is 8.00. The lowest BCUT2D eigenvalue weighted by atomic mass is 10.1. The molecule has 1 unspecified atom stereocenters. The molecule has 2 rings (SSSR count). The Morgan fingerprint density at radius 2 is 2.11 bits per heavy atom. The van der Waals surface area contributed by atoms with E-state index in [1.807, 2.05) is 12.1 Å². The normalized spacial score (nSPS) is 20.4. The van der Waals surface area contributed by atoms with Crippen molar-refractivity contribution in [1.29, 1.82) is 0 Å². The first-order valence-corrected chi connectivity index (χ1v) is 8.82. The van der Waals surface area contributed by atoms with Crippen molar-refractivity contribution in [2.45, 2.75) is 6.42 Å². The molecule has 0 fully saturated rings. The molecule has 0 radical (unpaired) electrons. The van der Waals surface area contributed by atoms with Crippen LogP contribution in [0.3, 0.4) is 0 Å². The number of allylic oxidation sites excluding steroid dienone is 1. The molecule has 7 heteroatoms. The van der Waals surface area contributed by atoms with Crippen LogP contribution in [-0.2, 0) is 14.6 Å². The van der Waals surface area contributed by atoms with E-state index in [9.17, 15) is 13.2 Å². The van der Waals surface area contributed by atoms with Gasteiger partial charge in [-0.15, -0.1) is 0 Å². The third kappa shape index (κ3) is 4.15. The van der Waals surface area contributed by atoms with Gasteiger partial charge in [-0.2, -0.15) is 0 Å². The first kappa shape index (κ1) is 14.7. The molecule has 1 atom stereocenters. The molecule has 1 N–H and O–H groups in total. The summed E-state index contributed by atoms with van der Waals surface area (Å²) >= 11 is 6.67. The highest BCUT2D eigenvalue weighted by atomic mass is 79.9. The van der Waals surface area contributed by atoms with E-state index in [-0.39, 0.29) is 24.0 Å². The number of hydrogen-bond donors (Lipinski definition) is 1. The average molecular weight is 409 g/mol. The van der Waals surface area contributed by atoms with E-state index in [2.05, 4.69) is 37.2 Å². The van der Waals surface area contributed by atoms with Crippen LogP contribution in [0.2, 0.25) is 0 Å². The summed E-state index contributed by atoms with van der Waals surface area (Å²) in [6.45, 7) is 0. The molecule has 0 bridgehead atoms. The Kier molecular flexibility index (Phi) is 4.47. The van der Waals surface area contributed by atoms with Gasteiger partial charge in [0, 0.05) is 26.7 Å². The molecule has 0 saturated carbocycles. The van der Waals surface area contributed by atoms with Gasteiger partial charge in [0.25, 0.3) is 0 Å². The van der Waals surface area contributed by atoms with Gasteiger partial charge in [-0.05, 0) is 34.1 Å². The summed E-state index contributed by atoms with van der Waals surface area (Å²) in [5.41, 5.74) is 0.657. The molecule has 1 heterocycles. The van der Waals surface area contributed by atoms with Gasteiger partial charge in [-0.1, -0.05) is 22.0 Å². The first-order chi connectivity index (χ1) is 8.85. The highest BCUT2D eigenvalue weighted by Gasteiger charge is 2.24. The first-order valence-electron chi connectivity index (χ1n) is 5.51. The lowest BCUT2D eigenvalue weighted by Gasteiger charge is -2.10. The second-order valence-electron chi connectivity index (χ2n) is 4.29. The third-order valence-corrected chi connectivity index (χ3v) is 5.30. The standard InChI is InChI=1S/C12H11Br2NO3S/c13-9-1-2-10(14)11(6-9)15-12(16)5-8-3-4-19(17,18)7-8/h1-4,6,8H,5,7H2,(H,15,16). The van der Waals surface area contributed by atoms with Crippen molar-refractivity contribution >= 4 is 53.3 Å². The molecule has 1 aromatic rings. The Bertz CT molecular complexity index is 640. The van der Waals surface area contributed by atoms with Crippen LogP contribution >= 0.6 is 31.9 Å². The number of rotatable bonds is 3. The molecule has 0 spiro atoms. The van der Waals surface area contributed by atoms with E-state index >= 15 is 0 Å². The Labute approximate surface area is 128 Å². The van der Waals surface area contributed by atoms with Crippen molar-refractivity contribution < 1.29 is 13.2 Å². The van der Waals surface area contributed by atoms with Crippen LogP contribution in [0.1, 0.15) is 6.42 Å². The Morgan fingerprint density at radius 3 is 2.74 bits per heavy atom. The largest absolute Gasteiger partial charge is 0.325 e. The third-order valence-electron chi connectivity index (χ3n) is 2.65. The van der Waals surface area contributed by atoms with Gasteiger partial charge < -0.3 is 5.32 Å². The smallest absolute Gasteiger partial charge is 0.225 e. The number of amides is 1. The average Bonchev–Trinajstić information content (AvgIpc) is 2.63. The summed E-state index contributed by atoms with van der Waals surface area (Å²) in [7, 11) is -3.11. The quantitative estimate of drug-likeness (QED) is 0.835. The molecule has 102 valence electrons.